The van der Waals surface area contributed by atoms with Crippen LogP contribution >= 0.6 is 0 Å². The Labute approximate surface area is 119 Å². The van der Waals surface area contributed by atoms with E-state index in [9.17, 15) is 22.8 Å². The Balaban J connectivity index is 1.98. The van der Waals surface area contributed by atoms with Gasteiger partial charge in [-0.25, -0.2) is 0 Å². The summed E-state index contributed by atoms with van der Waals surface area (Å²) in [6.07, 6.45) is -3.32. The Hall–Kier alpha value is -2.05. The molecule has 1 atom stereocenters. The highest BCUT2D eigenvalue weighted by Crippen LogP contribution is 2.29. The van der Waals surface area contributed by atoms with Crippen molar-refractivity contribution in [2.24, 2.45) is 0 Å². The second-order valence-electron chi connectivity index (χ2n) is 4.93. The van der Waals surface area contributed by atoms with Gasteiger partial charge in [-0.2, -0.15) is 13.2 Å². The summed E-state index contributed by atoms with van der Waals surface area (Å²) >= 11 is 0. The largest absolute Gasteiger partial charge is 0.416 e. The number of amides is 2. The van der Waals surface area contributed by atoms with E-state index in [0.29, 0.717) is 13.0 Å². The van der Waals surface area contributed by atoms with Crippen molar-refractivity contribution in [3.05, 3.63) is 35.4 Å². The number of hydrogen-bond acceptors (Lipinski definition) is 2. The van der Waals surface area contributed by atoms with E-state index in [2.05, 4.69) is 10.6 Å². The van der Waals surface area contributed by atoms with E-state index >= 15 is 0 Å². The first-order valence-electron chi connectivity index (χ1n) is 6.59. The van der Waals surface area contributed by atoms with Crippen molar-refractivity contribution in [3.8, 4) is 0 Å². The van der Waals surface area contributed by atoms with Gasteiger partial charge in [-0.05, 0) is 24.5 Å². The first-order chi connectivity index (χ1) is 9.86. The number of halogens is 3. The lowest BCUT2D eigenvalue weighted by Gasteiger charge is -2.22. The second-order valence-corrected chi connectivity index (χ2v) is 4.93. The van der Waals surface area contributed by atoms with Crippen LogP contribution in [-0.4, -0.2) is 24.4 Å². The predicted octanol–water partition coefficient (Wildman–Crippen LogP) is 1.64. The van der Waals surface area contributed by atoms with Gasteiger partial charge in [0.1, 0.15) is 6.04 Å². The average molecular weight is 300 g/mol. The summed E-state index contributed by atoms with van der Waals surface area (Å²) < 4.78 is 37.7. The molecule has 21 heavy (non-hydrogen) atoms. The van der Waals surface area contributed by atoms with Crippen molar-refractivity contribution in [2.45, 2.75) is 31.5 Å². The fourth-order valence-corrected chi connectivity index (χ4v) is 2.20. The second kappa shape index (κ2) is 6.15. The molecule has 1 fully saturated rings. The number of rotatable bonds is 3. The Bertz CT molecular complexity index is 543. The molecule has 2 amide bonds. The summed E-state index contributed by atoms with van der Waals surface area (Å²) in [5.74, 6) is -0.713. The molecule has 2 N–H and O–H groups in total. The number of nitrogens with one attached hydrogen (secondary N) is 2. The fraction of sp³-hybridized carbons (Fsp3) is 0.429. The summed E-state index contributed by atoms with van der Waals surface area (Å²) in [6, 6.07) is 4.02. The van der Waals surface area contributed by atoms with Crippen LogP contribution in [0.15, 0.2) is 24.3 Å². The standard InChI is InChI=1S/C14H15F3N2O2/c15-14(16,17)10-4-1-3-9(7-10)8-12(20)19-11-5-2-6-18-13(11)21/h1,3-4,7,11H,2,5-6,8H2,(H,18,21)(H,19,20)/t11-/m0/s1. The van der Waals surface area contributed by atoms with E-state index < -0.39 is 23.7 Å². The quantitative estimate of drug-likeness (QED) is 0.891. The maximum absolute atomic E-state index is 12.6. The van der Waals surface area contributed by atoms with Crippen molar-refractivity contribution in [1.82, 2.24) is 10.6 Å². The molecule has 1 aliphatic rings. The van der Waals surface area contributed by atoms with Crippen LogP contribution in [0.5, 0.6) is 0 Å². The number of carbonyl (C=O) groups is 2. The number of carbonyl (C=O) groups excluding carboxylic acids is 2. The zero-order valence-corrected chi connectivity index (χ0v) is 11.2. The molecular weight excluding hydrogens is 285 g/mol. The van der Waals surface area contributed by atoms with Crippen molar-refractivity contribution in [2.75, 3.05) is 6.54 Å². The number of benzene rings is 1. The molecule has 1 aliphatic heterocycles. The van der Waals surface area contributed by atoms with E-state index in [1.54, 1.807) is 0 Å². The van der Waals surface area contributed by atoms with Crippen molar-refractivity contribution in [3.63, 3.8) is 0 Å². The summed E-state index contributed by atoms with van der Waals surface area (Å²) in [6.45, 7) is 0.582. The van der Waals surface area contributed by atoms with Gasteiger partial charge in [0.15, 0.2) is 0 Å². The zero-order chi connectivity index (χ0) is 15.5. The molecule has 1 aromatic rings. The van der Waals surface area contributed by atoms with Gasteiger partial charge in [0.25, 0.3) is 0 Å². The van der Waals surface area contributed by atoms with E-state index in [-0.39, 0.29) is 17.9 Å². The van der Waals surface area contributed by atoms with Gasteiger partial charge >= 0.3 is 6.18 Å². The summed E-state index contributed by atoms with van der Waals surface area (Å²) in [5, 5.41) is 5.17. The minimum Gasteiger partial charge on any atom is -0.354 e. The van der Waals surface area contributed by atoms with Crippen molar-refractivity contribution >= 4 is 11.8 Å². The number of hydrogen-bond donors (Lipinski definition) is 2. The molecule has 1 saturated heterocycles. The molecule has 4 nitrogen and oxygen atoms in total. The highest BCUT2D eigenvalue weighted by atomic mass is 19.4. The van der Waals surface area contributed by atoms with Crippen molar-refractivity contribution < 1.29 is 22.8 Å². The molecule has 7 heteroatoms. The average Bonchev–Trinajstić information content (AvgIpc) is 2.41. The van der Waals surface area contributed by atoms with Crippen molar-refractivity contribution in [1.29, 1.82) is 0 Å². The Morgan fingerprint density at radius 1 is 1.38 bits per heavy atom. The predicted molar refractivity (Wildman–Crippen MR) is 69.3 cm³/mol. The van der Waals surface area contributed by atoms with E-state index in [4.69, 9.17) is 0 Å². The molecule has 0 saturated carbocycles. The van der Waals surface area contributed by atoms with Crippen LogP contribution in [0.25, 0.3) is 0 Å². The minimum absolute atomic E-state index is 0.187. The third-order valence-electron chi connectivity index (χ3n) is 3.24. The molecule has 0 aliphatic carbocycles. The Morgan fingerprint density at radius 3 is 2.81 bits per heavy atom. The van der Waals surface area contributed by atoms with Crippen LogP contribution in [0.3, 0.4) is 0 Å². The van der Waals surface area contributed by atoms with E-state index in [1.807, 2.05) is 0 Å². The SMILES string of the molecule is O=C(Cc1cccc(C(F)(F)F)c1)N[C@H]1CCCNC1=O. The molecular formula is C14H15F3N2O2. The van der Waals surface area contributed by atoms with Crippen LogP contribution in [0.2, 0.25) is 0 Å². The van der Waals surface area contributed by atoms with Crippen LogP contribution < -0.4 is 10.6 Å². The van der Waals surface area contributed by atoms with E-state index in [0.717, 1.165) is 18.6 Å². The lowest BCUT2D eigenvalue weighted by Crippen LogP contribution is -2.50. The molecule has 0 aromatic heterocycles. The normalized spacial score (nSPS) is 19.0. The molecule has 1 heterocycles. The lowest BCUT2D eigenvalue weighted by atomic mass is 10.0. The van der Waals surface area contributed by atoms with Gasteiger partial charge in [0.2, 0.25) is 11.8 Å². The number of piperidine rings is 1. The zero-order valence-electron chi connectivity index (χ0n) is 11.2. The summed E-state index contributed by atoms with van der Waals surface area (Å²) in [5.41, 5.74) is -0.526. The minimum atomic E-state index is -4.43. The van der Waals surface area contributed by atoms with Gasteiger partial charge in [-0.3, -0.25) is 9.59 Å². The third kappa shape index (κ3) is 4.21. The van der Waals surface area contributed by atoms with Gasteiger partial charge < -0.3 is 10.6 Å². The lowest BCUT2D eigenvalue weighted by molar-refractivity contribution is -0.137. The first-order valence-corrected chi connectivity index (χ1v) is 6.59. The topological polar surface area (TPSA) is 58.2 Å². The number of alkyl halides is 3. The third-order valence-corrected chi connectivity index (χ3v) is 3.24. The van der Waals surface area contributed by atoms with Gasteiger partial charge in [0, 0.05) is 6.54 Å². The monoisotopic (exact) mass is 300 g/mol. The smallest absolute Gasteiger partial charge is 0.354 e. The first kappa shape index (κ1) is 15.3. The van der Waals surface area contributed by atoms with Crippen LogP contribution in [-0.2, 0) is 22.2 Å². The Kier molecular flexibility index (Phi) is 4.50. The van der Waals surface area contributed by atoms with Gasteiger partial charge in [-0.1, -0.05) is 18.2 Å². The van der Waals surface area contributed by atoms with Crippen LogP contribution in [0.4, 0.5) is 13.2 Å². The molecule has 1 aromatic carbocycles. The molecule has 0 unspecified atom stereocenters. The Morgan fingerprint density at radius 2 is 2.14 bits per heavy atom. The fourth-order valence-electron chi connectivity index (χ4n) is 2.20. The molecule has 0 bridgehead atoms. The van der Waals surface area contributed by atoms with Crippen LogP contribution in [0.1, 0.15) is 24.0 Å². The summed E-state index contributed by atoms with van der Waals surface area (Å²) in [4.78, 5) is 23.3. The summed E-state index contributed by atoms with van der Waals surface area (Å²) in [7, 11) is 0. The molecule has 2 rings (SSSR count). The molecule has 0 radical (unpaired) electrons. The molecule has 0 spiro atoms. The maximum Gasteiger partial charge on any atom is 0.416 e. The van der Waals surface area contributed by atoms with E-state index in [1.165, 1.54) is 12.1 Å². The maximum atomic E-state index is 12.6. The van der Waals surface area contributed by atoms with Gasteiger partial charge in [-0.15, -0.1) is 0 Å². The van der Waals surface area contributed by atoms with Crippen LogP contribution in [0, 0.1) is 0 Å². The highest BCUT2D eigenvalue weighted by molar-refractivity contribution is 5.88. The van der Waals surface area contributed by atoms with Gasteiger partial charge in [0.05, 0.1) is 12.0 Å². The molecule has 114 valence electrons. The highest BCUT2D eigenvalue weighted by Gasteiger charge is 2.30.